The predicted molar refractivity (Wildman–Crippen MR) is 72.1 cm³/mol. The van der Waals surface area contributed by atoms with Crippen LogP contribution in [-0.2, 0) is 18.4 Å². The van der Waals surface area contributed by atoms with Gasteiger partial charge in [0.2, 0.25) is 5.91 Å². The van der Waals surface area contributed by atoms with E-state index in [0.717, 1.165) is 37.9 Å². The van der Waals surface area contributed by atoms with Gasteiger partial charge in [0, 0.05) is 32.5 Å². The average molecular weight is 249 g/mol. The molecule has 0 aromatic carbocycles. The molecule has 1 fully saturated rings. The van der Waals surface area contributed by atoms with Crippen molar-refractivity contribution in [1.29, 1.82) is 0 Å². The molecule has 1 amide bonds. The van der Waals surface area contributed by atoms with E-state index in [4.69, 9.17) is 0 Å². The fourth-order valence-electron chi connectivity index (χ4n) is 2.66. The van der Waals surface area contributed by atoms with Crippen LogP contribution >= 0.6 is 0 Å². The Kier molecular flexibility index (Phi) is 4.07. The summed E-state index contributed by atoms with van der Waals surface area (Å²) in [6.07, 6.45) is 7.03. The van der Waals surface area contributed by atoms with Crippen molar-refractivity contribution in [2.75, 3.05) is 13.1 Å². The van der Waals surface area contributed by atoms with Gasteiger partial charge in [0.25, 0.3) is 0 Å². The number of rotatable bonds is 4. The van der Waals surface area contributed by atoms with Crippen molar-refractivity contribution >= 4 is 5.91 Å². The van der Waals surface area contributed by atoms with Crippen molar-refractivity contribution < 1.29 is 4.79 Å². The molecule has 2 heterocycles. The molecule has 4 heteroatoms. The Morgan fingerprint density at radius 3 is 3.00 bits per heavy atom. The zero-order valence-corrected chi connectivity index (χ0v) is 11.3. The molecule has 2 N–H and O–H groups in total. The molecule has 1 aromatic heterocycles. The second-order valence-corrected chi connectivity index (χ2v) is 5.28. The van der Waals surface area contributed by atoms with Crippen molar-refractivity contribution in [2.45, 2.75) is 32.7 Å². The lowest BCUT2D eigenvalue weighted by Crippen LogP contribution is -2.49. The minimum Gasteiger partial charge on any atom is -0.357 e. The van der Waals surface area contributed by atoms with Gasteiger partial charge in [0.1, 0.15) is 0 Å². The normalized spacial score (nSPS) is 23.9. The molecule has 1 aliphatic rings. The van der Waals surface area contributed by atoms with Crippen LogP contribution in [0.25, 0.3) is 0 Å². The van der Waals surface area contributed by atoms with Gasteiger partial charge in [0.05, 0.1) is 5.41 Å². The van der Waals surface area contributed by atoms with Gasteiger partial charge >= 0.3 is 0 Å². The van der Waals surface area contributed by atoms with Gasteiger partial charge in [-0.25, -0.2) is 0 Å². The summed E-state index contributed by atoms with van der Waals surface area (Å²) in [5.41, 5.74) is 0.952. The Labute approximate surface area is 109 Å². The van der Waals surface area contributed by atoms with E-state index in [1.165, 1.54) is 0 Å². The number of piperidine rings is 1. The molecule has 2 rings (SSSR count). The van der Waals surface area contributed by atoms with Crippen LogP contribution in [0.5, 0.6) is 0 Å². The largest absolute Gasteiger partial charge is 0.357 e. The Morgan fingerprint density at radius 1 is 1.61 bits per heavy atom. The Hall–Kier alpha value is -1.29. The second kappa shape index (κ2) is 5.57. The maximum atomic E-state index is 12.4. The Bertz CT molecular complexity index is 405. The summed E-state index contributed by atoms with van der Waals surface area (Å²) in [4.78, 5) is 12.4. The molecule has 0 bridgehead atoms. The summed E-state index contributed by atoms with van der Waals surface area (Å²) in [6.45, 7) is 4.58. The highest BCUT2D eigenvalue weighted by atomic mass is 16.2. The van der Waals surface area contributed by atoms with Crippen molar-refractivity contribution in [3.63, 3.8) is 0 Å². The molecular weight excluding hydrogens is 226 g/mol. The van der Waals surface area contributed by atoms with E-state index in [1.54, 1.807) is 0 Å². The van der Waals surface area contributed by atoms with Crippen molar-refractivity contribution in [2.24, 2.45) is 12.5 Å². The van der Waals surface area contributed by atoms with E-state index in [1.807, 2.05) is 30.1 Å². The molecule has 1 saturated heterocycles. The molecule has 18 heavy (non-hydrogen) atoms. The zero-order valence-electron chi connectivity index (χ0n) is 11.3. The third kappa shape index (κ3) is 2.75. The lowest BCUT2D eigenvalue weighted by molar-refractivity contribution is -0.132. The van der Waals surface area contributed by atoms with Crippen molar-refractivity contribution in [3.8, 4) is 0 Å². The van der Waals surface area contributed by atoms with E-state index >= 15 is 0 Å². The summed E-state index contributed by atoms with van der Waals surface area (Å²) >= 11 is 0. The van der Waals surface area contributed by atoms with Crippen LogP contribution in [-0.4, -0.2) is 23.6 Å². The van der Waals surface area contributed by atoms with Crippen LogP contribution < -0.4 is 10.6 Å². The summed E-state index contributed by atoms with van der Waals surface area (Å²) in [7, 11) is 1.99. The molecular formula is C14H23N3O. The number of aryl methyl sites for hydroxylation is 1. The average Bonchev–Trinajstić information content (AvgIpc) is 2.82. The lowest BCUT2D eigenvalue weighted by Gasteiger charge is -2.35. The zero-order chi connectivity index (χ0) is 13.0. The fourth-order valence-corrected chi connectivity index (χ4v) is 2.66. The van der Waals surface area contributed by atoms with Crippen molar-refractivity contribution in [1.82, 2.24) is 15.2 Å². The number of aromatic nitrogens is 1. The number of carbonyl (C=O) groups excluding carboxylic acids is 1. The highest BCUT2D eigenvalue weighted by Gasteiger charge is 2.37. The summed E-state index contributed by atoms with van der Waals surface area (Å²) in [5, 5.41) is 6.43. The number of hydrogen-bond acceptors (Lipinski definition) is 2. The van der Waals surface area contributed by atoms with E-state index in [0.29, 0.717) is 6.54 Å². The van der Waals surface area contributed by atoms with E-state index < -0.39 is 0 Å². The molecule has 1 unspecified atom stereocenters. The van der Waals surface area contributed by atoms with Gasteiger partial charge < -0.3 is 15.2 Å². The molecule has 0 aliphatic carbocycles. The third-order valence-electron chi connectivity index (χ3n) is 3.98. The number of nitrogens with one attached hydrogen (secondary N) is 2. The van der Waals surface area contributed by atoms with Gasteiger partial charge in [-0.1, -0.05) is 6.92 Å². The lowest BCUT2D eigenvalue weighted by atomic mass is 9.77. The van der Waals surface area contributed by atoms with E-state index in [2.05, 4.69) is 17.6 Å². The first-order chi connectivity index (χ1) is 8.66. The van der Waals surface area contributed by atoms with Gasteiger partial charge in [-0.2, -0.15) is 0 Å². The van der Waals surface area contributed by atoms with Gasteiger partial charge in [-0.15, -0.1) is 0 Å². The smallest absolute Gasteiger partial charge is 0.227 e. The Morgan fingerprint density at radius 2 is 2.44 bits per heavy atom. The van der Waals surface area contributed by atoms with Crippen LogP contribution in [0.15, 0.2) is 18.5 Å². The minimum atomic E-state index is -0.201. The summed E-state index contributed by atoms with van der Waals surface area (Å²) in [5.74, 6) is 0.195. The maximum absolute atomic E-state index is 12.4. The van der Waals surface area contributed by atoms with Gasteiger partial charge in [-0.3, -0.25) is 4.79 Å². The van der Waals surface area contributed by atoms with E-state index in [-0.39, 0.29) is 11.3 Å². The first-order valence-corrected chi connectivity index (χ1v) is 6.76. The SMILES string of the molecule is CCC1(C(=O)NCc2ccn(C)c2)CCCNC1. The summed E-state index contributed by atoms with van der Waals surface area (Å²) < 4.78 is 2.00. The monoisotopic (exact) mass is 249 g/mol. The summed E-state index contributed by atoms with van der Waals surface area (Å²) in [6, 6.07) is 2.04. The first-order valence-electron chi connectivity index (χ1n) is 6.76. The Balaban J connectivity index is 1.93. The highest BCUT2D eigenvalue weighted by Crippen LogP contribution is 2.30. The van der Waals surface area contributed by atoms with Gasteiger partial charge in [0.15, 0.2) is 0 Å². The quantitative estimate of drug-likeness (QED) is 0.848. The van der Waals surface area contributed by atoms with Crippen LogP contribution in [0.2, 0.25) is 0 Å². The second-order valence-electron chi connectivity index (χ2n) is 5.28. The predicted octanol–water partition coefficient (Wildman–Crippen LogP) is 1.42. The molecule has 1 aliphatic heterocycles. The topological polar surface area (TPSA) is 46.1 Å². The molecule has 1 atom stereocenters. The maximum Gasteiger partial charge on any atom is 0.227 e. The van der Waals surface area contributed by atoms with Crippen LogP contribution in [0, 0.1) is 5.41 Å². The standard InChI is InChI=1S/C14H23N3O/c1-3-14(6-4-7-15-11-14)13(18)16-9-12-5-8-17(2)10-12/h5,8,10,15H,3-4,6-7,9,11H2,1-2H3,(H,16,18). The molecule has 4 nitrogen and oxygen atoms in total. The fraction of sp³-hybridized carbons (Fsp3) is 0.643. The van der Waals surface area contributed by atoms with Crippen LogP contribution in [0.4, 0.5) is 0 Å². The number of carbonyl (C=O) groups is 1. The number of nitrogens with zero attached hydrogens (tertiary/aromatic N) is 1. The molecule has 1 aromatic rings. The van der Waals surface area contributed by atoms with Gasteiger partial charge in [-0.05, 0) is 37.4 Å². The molecule has 0 saturated carbocycles. The van der Waals surface area contributed by atoms with Crippen LogP contribution in [0.3, 0.4) is 0 Å². The molecule has 0 radical (unpaired) electrons. The minimum absolute atomic E-state index is 0.195. The third-order valence-corrected chi connectivity index (χ3v) is 3.98. The molecule has 0 spiro atoms. The van der Waals surface area contributed by atoms with E-state index in [9.17, 15) is 4.79 Å². The van der Waals surface area contributed by atoms with Crippen molar-refractivity contribution in [3.05, 3.63) is 24.0 Å². The number of amides is 1. The number of hydrogen-bond donors (Lipinski definition) is 2. The first kappa shape index (κ1) is 13.1. The van der Waals surface area contributed by atoms with Crippen LogP contribution in [0.1, 0.15) is 31.7 Å². The highest BCUT2D eigenvalue weighted by molar-refractivity contribution is 5.83. The molecule has 100 valence electrons.